The van der Waals surface area contributed by atoms with Crippen LogP contribution in [0.3, 0.4) is 0 Å². The van der Waals surface area contributed by atoms with Crippen LogP contribution in [0.5, 0.6) is 5.88 Å². The zero-order valence-corrected chi connectivity index (χ0v) is 26.1. The molecule has 1 aromatic carbocycles. The van der Waals surface area contributed by atoms with Gasteiger partial charge < -0.3 is 24.4 Å². The van der Waals surface area contributed by atoms with E-state index in [1.54, 1.807) is 48.5 Å². The lowest BCUT2D eigenvalue weighted by Gasteiger charge is -2.43. The first-order valence-corrected chi connectivity index (χ1v) is 15.0. The Morgan fingerprint density at radius 2 is 1.73 bits per heavy atom. The highest BCUT2D eigenvalue weighted by Crippen LogP contribution is 2.43. The molecule has 0 unspecified atom stereocenters. The molecular formula is C32H40F2N6O5. The molecule has 1 amide bonds. The first-order chi connectivity index (χ1) is 21.7. The predicted molar refractivity (Wildman–Crippen MR) is 166 cm³/mol. The van der Waals surface area contributed by atoms with Crippen LogP contribution in [0.25, 0.3) is 0 Å². The van der Waals surface area contributed by atoms with Gasteiger partial charge in [-0.05, 0) is 48.9 Å². The molecule has 1 N–H and O–H groups in total. The predicted octanol–water partition coefficient (Wildman–Crippen LogP) is 6.01. The Bertz CT molecular complexity index is 1440. The maximum Gasteiger partial charge on any atom is 0.414 e. The molecule has 0 bridgehead atoms. The summed E-state index contributed by atoms with van der Waals surface area (Å²) in [5, 5.41) is 8.99. The zero-order valence-electron chi connectivity index (χ0n) is 26.1. The molecule has 4 rings (SSSR count). The van der Waals surface area contributed by atoms with Crippen molar-refractivity contribution in [2.75, 3.05) is 42.0 Å². The fourth-order valence-corrected chi connectivity index (χ4v) is 5.61. The minimum absolute atomic E-state index is 0.0504. The number of carboxylic acid groups (broad SMARTS) is 1. The van der Waals surface area contributed by atoms with Crippen molar-refractivity contribution >= 4 is 29.4 Å². The van der Waals surface area contributed by atoms with Crippen molar-refractivity contribution in [3.63, 3.8) is 0 Å². The maximum atomic E-state index is 13.8. The molecular weight excluding hydrogens is 586 g/mol. The Hall–Kier alpha value is -4.55. The van der Waals surface area contributed by atoms with E-state index in [4.69, 9.17) is 29.5 Å². The van der Waals surface area contributed by atoms with E-state index in [1.807, 2.05) is 23.8 Å². The number of benzene rings is 1. The normalized spacial score (nSPS) is 15.7. The number of rotatable bonds is 14. The molecule has 3 heterocycles. The van der Waals surface area contributed by atoms with Crippen LogP contribution in [0.4, 0.5) is 30.9 Å². The van der Waals surface area contributed by atoms with Crippen molar-refractivity contribution in [1.29, 1.82) is 0 Å². The van der Waals surface area contributed by atoms with Crippen molar-refractivity contribution in [3.05, 3.63) is 65.1 Å². The van der Waals surface area contributed by atoms with Crippen LogP contribution in [0, 0.1) is 0 Å². The molecule has 11 nitrogen and oxygen atoms in total. The molecule has 242 valence electrons. The Morgan fingerprint density at radius 3 is 2.31 bits per heavy atom. The summed E-state index contributed by atoms with van der Waals surface area (Å²) in [6.07, 6.45) is 4.42. The van der Waals surface area contributed by atoms with E-state index in [0.29, 0.717) is 71.4 Å². The van der Waals surface area contributed by atoms with Gasteiger partial charge in [-0.3, -0.25) is 9.69 Å². The summed E-state index contributed by atoms with van der Waals surface area (Å²) in [4.78, 5) is 43.7. The summed E-state index contributed by atoms with van der Waals surface area (Å²) < 4.78 is 38.4. The first-order valence-electron chi connectivity index (χ1n) is 15.0. The molecule has 2 aromatic heterocycles. The number of carboxylic acids is 1. The largest absolute Gasteiger partial charge is 0.481 e. The number of nitrogens with zero attached hydrogens (tertiary/aromatic N) is 6. The van der Waals surface area contributed by atoms with Gasteiger partial charge in [0, 0.05) is 38.7 Å². The van der Waals surface area contributed by atoms with Crippen LogP contribution in [-0.2, 0) is 29.4 Å². The number of ether oxygens (including phenoxy) is 2. The van der Waals surface area contributed by atoms with Gasteiger partial charge in [0.15, 0.2) is 0 Å². The number of alkyl halides is 2. The molecule has 0 aliphatic carbocycles. The van der Waals surface area contributed by atoms with Gasteiger partial charge in [-0.2, -0.15) is 0 Å². The minimum Gasteiger partial charge on any atom is -0.481 e. The summed E-state index contributed by atoms with van der Waals surface area (Å²) >= 11 is 0. The number of methoxy groups -OCH3 is 1. The summed E-state index contributed by atoms with van der Waals surface area (Å²) in [6.45, 7) is 3.18. The van der Waals surface area contributed by atoms with Crippen LogP contribution < -0.4 is 19.4 Å². The Labute approximate surface area is 261 Å². The van der Waals surface area contributed by atoms with Crippen LogP contribution >= 0.6 is 0 Å². The second kappa shape index (κ2) is 15.4. The average molecular weight is 627 g/mol. The van der Waals surface area contributed by atoms with E-state index in [2.05, 4.69) is 0 Å². The summed E-state index contributed by atoms with van der Waals surface area (Å²) in [6, 6.07) is 7.67. The molecule has 0 saturated carbocycles. The van der Waals surface area contributed by atoms with Gasteiger partial charge in [-0.1, -0.05) is 25.1 Å². The van der Waals surface area contributed by atoms with Crippen LogP contribution in [0.1, 0.15) is 68.0 Å². The third kappa shape index (κ3) is 7.95. The summed E-state index contributed by atoms with van der Waals surface area (Å²) in [5.74, 6) is -0.149. The third-order valence-corrected chi connectivity index (χ3v) is 7.81. The highest BCUT2D eigenvalue weighted by molar-refractivity contribution is 5.90. The number of fused-ring (bicyclic) bond motifs is 1. The van der Waals surface area contributed by atoms with Crippen LogP contribution in [-0.4, -0.2) is 65.5 Å². The van der Waals surface area contributed by atoms with E-state index in [9.17, 15) is 18.4 Å². The molecule has 1 aliphatic rings. The molecule has 3 aromatic rings. The third-order valence-electron chi connectivity index (χ3n) is 7.81. The van der Waals surface area contributed by atoms with Crippen LogP contribution in [0.15, 0.2) is 42.7 Å². The van der Waals surface area contributed by atoms with Gasteiger partial charge in [-0.25, -0.2) is 28.5 Å². The second-order valence-corrected chi connectivity index (χ2v) is 10.9. The number of hydrogen-bond acceptors (Lipinski definition) is 9. The number of amides is 1. The number of aliphatic carboxylic acids is 1. The second-order valence-electron chi connectivity index (χ2n) is 10.9. The molecule has 0 radical (unpaired) electrons. The number of carbonyl (C=O) groups is 2. The number of aromatic nitrogens is 3. The van der Waals surface area contributed by atoms with Crippen molar-refractivity contribution in [2.45, 2.75) is 71.5 Å². The van der Waals surface area contributed by atoms with Gasteiger partial charge in [0.1, 0.15) is 13.3 Å². The Balaban J connectivity index is 1.81. The van der Waals surface area contributed by atoms with E-state index in [0.717, 1.165) is 0 Å². The smallest absolute Gasteiger partial charge is 0.414 e. The van der Waals surface area contributed by atoms with Crippen molar-refractivity contribution in [1.82, 2.24) is 15.0 Å². The number of carbonyl (C=O) groups excluding carboxylic acids is 1. The fraction of sp³-hybridized carbons (Fsp3) is 0.469. The van der Waals surface area contributed by atoms with Crippen molar-refractivity contribution in [3.8, 4) is 5.88 Å². The molecule has 0 fully saturated rings. The highest BCUT2D eigenvalue weighted by atomic mass is 19.1. The Kier molecular flexibility index (Phi) is 11.4. The summed E-state index contributed by atoms with van der Waals surface area (Å²) in [5.41, 5.74) is 3.22. The topological polar surface area (TPSA) is 121 Å². The minimum atomic E-state index is -0.858. The van der Waals surface area contributed by atoms with Gasteiger partial charge in [-0.15, -0.1) is 0 Å². The van der Waals surface area contributed by atoms with Crippen molar-refractivity contribution < 1.29 is 33.0 Å². The molecule has 1 aliphatic heterocycles. The first kappa shape index (κ1) is 33.3. The monoisotopic (exact) mass is 626 g/mol. The standard InChI is InChI=1S/C32H40F2N6O5/c1-5-24-15-27(30-26(9-10-28(37-30)44-4)40(24)32(43)45-6-2)39(20-23-13-21(16-33)12-22(14-23)17-34)31-35-18-25(19-36-31)38(3)11-7-8-29(41)42/h9-10,12-14,18-19,24,27H,5-8,11,15-17,20H2,1-4H3,(H,41,42)/t24-,27+/m1/s1. The molecule has 45 heavy (non-hydrogen) atoms. The SMILES string of the molecule is CCOC(=O)N1c2ccc(OC)nc2[C@@H](N(Cc2cc(CF)cc(CF)c2)c2ncc(N(C)CCCC(=O)O)cn2)C[C@H]1CC. The molecule has 13 heteroatoms. The molecule has 0 spiro atoms. The number of halogens is 2. The van der Waals surface area contributed by atoms with E-state index < -0.39 is 31.5 Å². The number of hydrogen-bond donors (Lipinski definition) is 1. The lowest BCUT2D eigenvalue weighted by molar-refractivity contribution is -0.137. The number of anilines is 3. The average Bonchev–Trinajstić information content (AvgIpc) is 3.05. The maximum absolute atomic E-state index is 13.8. The lowest BCUT2D eigenvalue weighted by atomic mass is 9.92. The van der Waals surface area contributed by atoms with Gasteiger partial charge in [0.05, 0.1) is 49.2 Å². The van der Waals surface area contributed by atoms with E-state index in [-0.39, 0.29) is 25.6 Å². The molecule has 2 atom stereocenters. The zero-order chi connectivity index (χ0) is 32.5. The van der Waals surface area contributed by atoms with Crippen LogP contribution in [0.2, 0.25) is 0 Å². The van der Waals surface area contributed by atoms with E-state index >= 15 is 0 Å². The summed E-state index contributed by atoms with van der Waals surface area (Å²) in [7, 11) is 3.35. The lowest BCUT2D eigenvalue weighted by Crippen LogP contribution is -2.48. The fourth-order valence-electron chi connectivity index (χ4n) is 5.61. The van der Waals surface area contributed by atoms with Gasteiger partial charge in [0.25, 0.3) is 0 Å². The highest BCUT2D eigenvalue weighted by Gasteiger charge is 2.40. The van der Waals surface area contributed by atoms with Crippen molar-refractivity contribution in [2.24, 2.45) is 0 Å². The van der Waals surface area contributed by atoms with Gasteiger partial charge in [0.2, 0.25) is 11.8 Å². The molecule has 0 saturated heterocycles. The van der Waals surface area contributed by atoms with Gasteiger partial charge >= 0.3 is 12.1 Å². The Morgan fingerprint density at radius 1 is 1.07 bits per heavy atom. The number of pyridine rings is 1. The quantitative estimate of drug-likeness (QED) is 0.228. The van der Waals surface area contributed by atoms with E-state index in [1.165, 1.54) is 13.2 Å².